The minimum Gasteiger partial charge on any atom is -0.444 e. The highest BCUT2D eigenvalue weighted by molar-refractivity contribution is 6.33. The van der Waals surface area contributed by atoms with E-state index < -0.39 is 5.60 Å². The molecule has 3 heterocycles. The summed E-state index contributed by atoms with van der Waals surface area (Å²) in [4.78, 5) is 30.5. The maximum absolute atomic E-state index is 12.5. The number of fused-ring (bicyclic) bond motifs is 1. The summed E-state index contributed by atoms with van der Waals surface area (Å²) >= 11 is 12.7. The quantitative estimate of drug-likeness (QED) is 0.334. The number of rotatable bonds is 3. The Kier molecular flexibility index (Phi) is 6.49. The standard InChI is InChI=1S/C26H26Cl2N6O2/c1-26(2,3)36-25(35)33-14-12-32(13-15-33)23-21-24(30-16-29-23)34(18-10-8-17(27)9-11-18)22(31-21)19-6-4-5-7-20(19)28/h4-11,16H,12-15H2,1-3H3. The van der Waals surface area contributed by atoms with Gasteiger partial charge in [0.2, 0.25) is 0 Å². The lowest BCUT2D eigenvalue weighted by molar-refractivity contribution is 0.0240. The first-order valence-electron chi connectivity index (χ1n) is 11.7. The van der Waals surface area contributed by atoms with E-state index in [9.17, 15) is 4.79 Å². The summed E-state index contributed by atoms with van der Waals surface area (Å²) < 4.78 is 7.50. The third kappa shape index (κ3) is 4.83. The Hall–Kier alpha value is -3.36. The van der Waals surface area contributed by atoms with Gasteiger partial charge in [0, 0.05) is 42.5 Å². The SMILES string of the molecule is CC(C)(C)OC(=O)N1CCN(c2ncnc3c2nc(-c2ccccc2Cl)n3-c2ccc(Cl)cc2)CC1. The fourth-order valence-electron chi connectivity index (χ4n) is 4.20. The number of halogens is 2. The third-order valence-electron chi connectivity index (χ3n) is 5.86. The Morgan fingerprint density at radius 2 is 1.64 bits per heavy atom. The highest BCUT2D eigenvalue weighted by atomic mass is 35.5. The fraction of sp³-hybridized carbons (Fsp3) is 0.308. The Labute approximate surface area is 219 Å². The van der Waals surface area contributed by atoms with Crippen LogP contribution in [0.4, 0.5) is 10.6 Å². The van der Waals surface area contributed by atoms with Crippen LogP contribution >= 0.6 is 23.2 Å². The van der Waals surface area contributed by atoms with Gasteiger partial charge in [-0.15, -0.1) is 0 Å². The van der Waals surface area contributed by atoms with E-state index in [1.807, 2.05) is 73.9 Å². The summed E-state index contributed by atoms with van der Waals surface area (Å²) in [5.41, 5.74) is 2.43. The molecule has 0 aliphatic carbocycles. The maximum Gasteiger partial charge on any atom is 0.410 e. The zero-order valence-electron chi connectivity index (χ0n) is 20.3. The number of benzene rings is 2. The van der Waals surface area contributed by atoms with Crippen molar-refractivity contribution in [1.82, 2.24) is 24.4 Å². The Morgan fingerprint density at radius 3 is 2.31 bits per heavy atom. The van der Waals surface area contributed by atoms with Gasteiger partial charge >= 0.3 is 6.09 Å². The van der Waals surface area contributed by atoms with Crippen LogP contribution in [0.15, 0.2) is 54.9 Å². The lowest BCUT2D eigenvalue weighted by Gasteiger charge is -2.36. The van der Waals surface area contributed by atoms with Gasteiger partial charge in [0.1, 0.15) is 17.8 Å². The molecule has 0 atom stereocenters. The highest BCUT2D eigenvalue weighted by Crippen LogP contribution is 2.35. The first-order valence-corrected chi connectivity index (χ1v) is 12.4. The lowest BCUT2D eigenvalue weighted by atomic mass is 10.2. The minimum atomic E-state index is -0.531. The molecule has 0 bridgehead atoms. The average Bonchev–Trinajstić information content (AvgIpc) is 3.23. The number of anilines is 1. The summed E-state index contributed by atoms with van der Waals surface area (Å²) in [5.74, 6) is 1.37. The van der Waals surface area contributed by atoms with Crippen LogP contribution in [0.3, 0.4) is 0 Å². The summed E-state index contributed by atoms with van der Waals surface area (Å²) in [6, 6.07) is 15.1. The van der Waals surface area contributed by atoms with E-state index in [2.05, 4.69) is 14.9 Å². The zero-order valence-corrected chi connectivity index (χ0v) is 21.8. The topological polar surface area (TPSA) is 76.4 Å². The van der Waals surface area contributed by atoms with E-state index in [4.69, 9.17) is 32.9 Å². The molecule has 0 spiro atoms. The van der Waals surface area contributed by atoms with Gasteiger partial charge < -0.3 is 14.5 Å². The van der Waals surface area contributed by atoms with E-state index in [-0.39, 0.29) is 6.09 Å². The number of carbonyl (C=O) groups is 1. The monoisotopic (exact) mass is 524 g/mol. The predicted molar refractivity (Wildman–Crippen MR) is 142 cm³/mol. The normalized spacial score (nSPS) is 14.4. The molecule has 1 saturated heterocycles. The van der Waals surface area contributed by atoms with Gasteiger partial charge in [-0.1, -0.05) is 35.3 Å². The van der Waals surface area contributed by atoms with Crippen LogP contribution in [-0.4, -0.2) is 62.3 Å². The van der Waals surface area contributed by atoms with E-state index >= 15 is 0 Å². The van der Waals surface area contributed by atoms with Crippen molar-refractivity contribution in [3.63, 3.8) is 0 Å². The maximum atomic E-state index is 12.5. The number of carbonyl (C=O) groups excluding carboxylic acids is 1. The van der Waals surface area contributed by atoms with Gasteiger partial charge in [-0.2, -0.15) is 0 Å². The molecule has 186 valence electrons. The molecular weight excluding hydrogens is 499 g/mol. The first-order chi connectivity index (χ1) is 17.2. The number of piperazine rings is 1. The summed E-state index contributed by atoms with van der Waals surface area (Å²) in [7, 11) is 0. The van der Waals surface area contributed by atoms with E-state index in [0.29, 0.717) is 59.0 Å². The molecule has 8 nitrogen and oxygen atoms in total. The van der Waals surface area contributed by atoms with Gasteiger partial charge in [-0.3, -0.25) is 4.57 Å². The average molecular weight is 525 g/mol. The number of ether oxygens (including phenoxy) is 1. The highest BCUT2D eigenvalue weighted by Gasteiger charge is 2.28. The largest absolute Gasteiger partial charge is 0.444 e. The number of aromatic nitrogens is 4. The molecule has 1 aliphatic heterocycles. The van der Waals surface area contributed by atoms with Crippen molar-refractivity contribution in [3.05, 3.63) is 64.9 Å². The summed E-state index contributed by atoms with van der Waals surface area (Å²) in [5, 5.41) is 1.23. The molecule has 4 aromatic rings. The first kappa shape index (κ1) is 24.3. The molecule has 2 aromatic heterocycles. The number of amides is 1. The van der Waals surface area contributed by atoms with Crippen molar-refractivity contribution in [1.29, 1.82) is 0 Å². The van der Waals surface area contributed by atoms with Crippen LogP contribution in [-0.2, 0) is 4.74 Å². The number of hydrogen-bond acceptors (Lipinski definition) is 6. The molecule has 1 fully saturated rings. The van der Waals surface area contributed by atoms with E-state index in [1.165, 1.54) is 0 Å². The molecule has 0 saturated carbocycles. The molecular formula is C26H26Cl2N6O2. The second-order valence-corrected chi connectivity index (χ2v) is 10.4. The molecule has 1 amide bonds. The summed E-state index contributed by atoms with van der Waals surface area (Å²) in [6.45, 7) is 7.84. The number of hydrogen-bond donors (Lipinski definition) is 0. The predicted octanol–water partition coefficient (Wildman–Crippen LogP) is 5.85. The Morgan fingerprint density at radius 1 is 0.944 bits per heavy atom. The van der Waals surface area contributed by atoms with Crippen LogP contribution in [0, 0.1) is 0 Å². The molecule has 2 aromatic carbocycles. The molecule has 5 rings (SSSR count). The van der Waals surface area contributed by atoms with Crippen molar-refractivity contribution in [2.75, 3.05) is 31.1 Å². The van der Waals surface area contributed by atoms with E-state index in [1.54, 1.807) is 11.2 Å². The zero-order chi connectivity index (χ0) is 25.4. The van der Waals surface area contributed by atoms with Crippen LogP contribution in [0.5, 0.6) is 0 Å². The van der Waals surface area contributed by atoms with Gasteiger partial charge in [-0.25, -0.2) is 19.7 Å². The van der Waals surface area contributed by atoms with Crippen molar-refractivity contribution in [2.45, 2.75) is 26.4 Å². The lowest BCUT2D eigenvalue weighted by Crippen LogP contribution is -2.50. The van der Waals surface area contributed by atoms with Crippen LogP contribution in [0.2, 0.25) is 10.0 Å². The van der Waals surface area contributed by atoms with Crippen LogP contribution in [0.25, 0.3) is 28.2 Å². The molecule has 0 N–H and O–H groups in total. The third-order valence-corrected chi connectivity index (χ3v) is 6.44. The number of nitrogens with zero attached hydrogens (tertiary/aromatic N) is 6. The van der Waals surface area contributed by atoms with Crippen LogP contribution in [0.1, 0.15) is 20.8 Å². The molecule has 1 aliphatic rings. The van der Waals surface area contributed by atoms with Gasteiger partial charge in [0.15, 0.2) is 17.0 Å². The molecule has 0 unspecified atom stereocenters. The molecule has 10 heteroatoms. The van der Waals surface area contributed by atoms with Gasteiger partial charge in [0.25, 0.3) is 0 Å². The van der Waals surface area contributed by atoms with Crippen molar-refractivity contribution < 1.29 is 9.53 Å². The van der Waals surface area contributed by atoms with Gasteiger partial charge in [0.05, 0.1) is 5.02 Å². The van der Waals surface area contributed by atoms with Gasteiger partial charge in [-0.05, 0) is 57.2 Å². The fourth-order valence-corrected chi connectivity index (χ4v) is 4.54. The number of imidazole rings is 1. The second-order valence-electron chi connectivity index (χ2n) is 9.55. The second kappa shape index (κ2) is 9.59. The smallest absolute Gasteiger partial charge is 0.410 e. The van der Waals surface area contributed by atoms with E-state index in [0.717, 1.165) is 11.3 Å². The van der Waals surface area contributed by atoms with Crippen LogP contribution < -0.4 is 4.90 Å². The van der Waals surface area contributed by atoms with Crippen molar-refractivity contribution in [3.8, 4) is 17.1 Å². The molecule has 0 radical (unpaired) electrons. The van der Waals surface area contributed by atoms with Crippen molar-refractivity contribution in [2.24, 2.45) is 0 Å². The Bertz CT molecular complexity index is 1410. The Balaban J connectivity index is 1.54. The minimum absolute atomic E-state index is 0.303. The summed E-state index contributed by atoms with van der Waals surface area (Å²) in [6.07, 6.45) is 1.24. The molecule has 36 heavy (non-hydrogen) atoms. The van der Waals surface area contributed by atoms with Crippen molar-refractivity contribution >= 4 is 46.3 Å².